The molecule has 0 aliphatic carbocycles. The summed E-state index contributed by atoms with van der Waals surface area (Å²) in [6.45, 7) is 5.11. The first kappa shape index (κ1) is 11.6. The molecule has 0 N–H and O–H groups in total. The Morgan fingerprint density at radius 3 is 3.18 bits per heavy atom. The molecule has 1 aromatic rings. The molecule has 1 fully saturated rings. The molecule has 4 nitrogen and oxygen atoms in total. The molecule has 1 saturated heterocycles. The lowest BCUT2D eigenvalue weighted by Crippen LogP contribution is -2.24. The Morgan fingerprint density at radius 2 is 2.53 bits per heavy atom. The summed E-state index contributed by atoms with van der Waals surface area (Å²) in [7, 11) is 1.58. The van der Waals surface area contributed by atoms with Crippen molar-refractivity contribution in [1.82, 2.24) is 9.88 Å². The van der Waals surface area contributed by atoms with Crippen LogP contribution >= 0.6 is 0 Å². The first-order chi connectivity index (χ1) is 8.22. The second-order valence-electron chi connectivity index (χ2n) is 4.18. The first-order valence-electron chi connectivity index (χ1n) is 5.62. The van der Waals surface area contributed by atoms with Crippen molar-refractivity contribution in [1.29, 1.82) is 0 Å². The third kappa shape index (κ3) is 2.64. The van der Waals surface area contributed by atoms with Gasteiger partial charge in [-0.1, -0.05) is 6.08 Å². The van der Waals surface area contributed by atoms with E-state index in [4.69, 9.17) is 4.74 Å². The number of carbonyl (C=O) groups is 1. The van der Waals surface area contributed by atoms with Gasteiger partial charge in [0, 0.05) is 37.7 Å². The highest BCUT2D eigenvalue weighted by atomic mass is 16.5. The van der Waals surface area contributed by atoms with Gasteiger partial charge in [0.1, 0.15) is 0 Å². The van der Waals surface area contributed by atoms with Gasteiger partial charge < -0.3 is 9.64 Å². The SMILES string of the molecule is C=CC1CC(=O)N(Cc2ccnc(OC)c2)C1. The Balaban J connectivity index is 2.05. The molecule has 0 aromatic carbocycles. The fourth-order valence-electron chi connectivity index (χ4n) is 1.99. The van der Waals surface area contributed by atoms with Crippen LogP contribution in [0.25, 0.3) is 0 Å². The van der Waals surface area contributed by atoms with E-state index >= 15 is 0 Å². The summed E-state index contributed by atoms with van der Waals surface area (Å²) in [5, 5.41) is 0. The summed E-state index contributed by atoms with van der Waals surface area (Å²) in [4.78, 5) is 17.6. The normalized spacial score (nSPS) is 19.5. The predicted molar refractivity (Wildman–Crippen MR) is 64.5 cm³/mol. The Bertz CT molecular complexity index is 431. The molecular weight excluding hydrogens is 216 g/mol. The van der Waals surface area contributed by atoms with Gasteiger partial charge in [-0.2, -0.15) is 0 Å². The van der Waals surface area contributed by atoms with E-state index in [0.29, 0.717) is 18.8 Å². The molecule has 0 spiro atoms. The van der Waals surface area contributed by atoms with Crippen LogP contribution in [-0.2, 0) is 11.3 Å². The summed E-state index contributed by atoms with van der Waals surface area (Å²) in [5.41, 5.74) is 1.04. The molecule has 2 heterocycles. The molecule has 4 heteroatoms. The van der Waals surface area contributed by atoms with E-state index in [1.807, 2.05) is 23.1 Å². The number of ether oxygens (including phenoxy) is 1. The fourth-order valence-corrected chi connectivity index (χ4v) is 1.99. The zero-order valence-corrected chi connectivity index (χ0v) is 9.93. The molecule has 17 heavy (non-hydrogen) atoms. The molecule has 1 amide bonds. The van der Waals surface area contributed by atoms with E-state index in [1.165, 1.54) is 0 Å². The van der Waals surface area contributed by atoms with E-state index in [2.05, 4.69) is 11.6 Å². The van der Waals surface area contributed by atoms with E-state index in [1.54, 1.807) is 13.3 Å². The first-order valence-corrected chi connectivity index (χ1v) is 5.62. The highest BCUT2D eigenvalue weighted by molar-refractivity contribution is 5.79. The van der Waals surface area contributed by atoms with Gasteiger partial charge in [0.05, 0.1) is 7.11 Å². The Kier molecular flexibility index (Phi) is 3.42. The van der Waals surface area contributed by atoms with Crippen LogP contribution in [0.4, 0.5) is 0 Å². The summed E-state index contributed by atoms with van der Waals surface area (Å²) >= 11 is 0. The summed E-state index contributed by atoms with van der Waals surface area (Å²) < 4.78 is 5.06. The van der Waals surface area contributed by atoms with E-state index in [-0.39, 0.29) is 11.8 Å². The van der Waals surface area contributed by atoms with Gasteiger partial charge in [0.25, 0.3) is 0 Å². The van der Waals surface area contributed by atoms with E-state index in [0.717, 1.165) is 12.1 Å². The quantitative estimate of drug-likeness (QED) is 0.741. The third-order valence-electron chi connectivity index (χ3n) is 2.96. The molecular formula is C13H16N2O2. The maximum atomic E-state index is 11.7. The molecule has 2 rings (SSSR count). The van der Waals surface area contributed by atoms with Gasteiger partial charge in [0.15, 0.2) is 0 Å². The average molecular weight is 232 g/mol. The van der Waals surface area contributed by atoms with Crippen LogP contribution in [0.2, 0.25) is 0 Å². The number of pyridine rings is 1. The van der Waals surface area contributed by atoms with E-state index in [9.17, 15) is 4.79 Å². The number of carbonyl (C=O) groups excluding carboxylic acids is 1. The van der Waals surface area contributed by atoms with Crippen LogP contribution in [-0.4, -0.2) is 29.4 Å². The van der Waals surface area contributed by atoms with Crippen molar-refractivity contribution in [2.45, 2.75) is 13.0 Å². The highest BCUT2D eigenvalue weighted by Crippen LogP contribution is 2.21. The second-order valence-corrected chi connectivity index (χ2v) is 4.18. The number of likely N-dealkylation sites (tertiary alicyclic amines) is 1. The van der Waals surface area contributed by atoms with Crippen molar-refractivity contribution in [3.63, 3.8) is 0 Å². The number of aromatic nitrogens is 1. The smallest absolute Gasteiger partial charge is 0.223 e. The van der Waals surface area contributed by atoms with Crippen LogP contribution < -0.4 is 4.74 Å². The predicted octanol–water partition coefficient (Wildman–Crippen LogP) is 1.62. The Morgan fingerprint density at radius 1 is 1.71 bits per heavy atom. The minimum atomic E-state index is 0.186. The molecule has 0 saturated carbocycles. The van der Waals surface area contributed by atoms with Crippen molar-refractivity contribution in [3.8, 4) is 5.88 Å². The molecule has 1 unspecified atom stereocenters. The van der Waals surface area contributed by atoms with Gasteiger partial charge in [-0.25, -0.2) is 4.98 Å². The zero-order valence-electron chi connectivity index (χ0n) is 9.93. The largest absolute Gasteiger partial charge is 0.481 e. The van der Waals surface area contributed by atoms with E-state index < -0.39 is 0 Å². The summed E-state index contributed by atoms with van der Waals surface area (Å²) in [5.74, 6) is 1.05. The average Bonchev–Trinajstić information content (AvgIpc) is 2.70. The van der Waals surface area contributed by atoms with Crippen LogP contribution in [0.3, 0.4) is 0 Å². The monoisotopic (exact) mass is 232 g/mol. The molecule has 1 atom stereocenters. The number of hydrogen-bond donors (Lipinski definition) is 0. The van der Waals surface area contributed by atoms with Crippen LogP contribution in [0.5, 0.6) is 5.88 Å². The highest BCUT2D eigenvalue weighted by Gasteiger charge is 2.27. The van der Waals surface area contributed by atoms with Crippen LogP contribution in [0, 0.1) is 5.92 Å². The number of hydrogen-bond acceptors (Lipinski definition) is 3. The molecule has 90 valence electrons. The van der Waals surface area contributed by atoms with Crippen molar-refractivity contribution in [2.75, 3.05) is 13.7 Å². The number of nitrogens with zero attached hydrogens (tertiary/aromatic N) is 2. The van der Waals surface area contributed by atoms with Gasteiger partial charge in [-0.15, -0.1) is 6.58 Å². The van der Waals surface area contributed by atoms with Crippen molar-refractivity contribution in [3.05, 3.63) is 36.5 Å². The second kappa shape index (κ2) is 4.99. The molecule has 1 aromatic heterocycles. The third-order valence-corrected chi connectivity index (χ3v) is 2.96. The van der Waals surface area contributed by atoms with Crippen LogP contribution in [0.15, 0.2) is 31.0 Å². The fraction of sp³-hybridized carbons (Fsp3) is 0.385. The molecule has 0 radical (unpaired) electrons. The van der Waals surface area contributed by atoms with Crippen LogP contribution in [0.1, 0.15) is 12.0 Å². The standard InChI is InChI=1S/C13H16N2O2/c1-3-10-7-13(16)15(8-10)9-11-4-5-14-12(6-11)17-2/h3-6,10H,1,7-9H2,2H3. The lowest BCUT2D eigenvalue weighted by atomic mass is 10.1. The van der Waals surface area contributed by atoms with Gasteiger partial charge in [0.2, 0.25) is 11.8 Å². The number of methoxy groups -OCH3 is 1. The number of rotatable bonds is 4. The van der Waals surface area contributed by atoms with Gasteiger partial charge >= 0.3 is 0 Å². The van der Waals surface area contributed by atoms with Gasteiger partial charge in [-0.3, -0.25) is 4.79 Å². The molecule has 0 bridgehead atoms. The van der Waals surface area contributed by atoms with Crippen molar-refractivity contribution in [2.24, 2.45) is 5.92 Å². The number of amides is 1. The Hall–Kier alpha value is -1.84. The Labute approximate surface area is 101 Å². The summed E-state index contributed by atoms with van der Waals surface area (Å²) in [6, 6.07) is 3.76. The zero-order chi connectivity index (χ0) is 12.3. The lowest BCUT2D eigenvalue weighted by Gasteiger charge is -2.16. The van der Waals surface area contributed by atoms with Crippen molar-refractivity contribution >= 4 is 5.91 Å². The lowest BCUT2D eigenvalue weighted by molar-refractivity contribution is -0.128. The van der Waals surface area contributed by atoms with Crippen molar-refractivity contribution < 1.29 is 9.53 Å². The molecule has 1 aliphatic rings. The maximum Gasteiger partial charge on any atom is 0.223 e. The minimum Gasteiger partial charge on any atom is -0.481 e. The minimum absolute atomic E-state index is 0.186. The maximum absolute atomic E-state index is 11.7. The topological polar surface area (TPSA) is 42.4 Å². The van der Waals surface area contributed by atoms with Gasteiger partial charge in [-0.05, 0) is 11.6 Å². The molecule has 1 aliphatic heterocycles. The summed E-state index contributed by atoms with van der Waals surface area (Å²) in [6.07, 6.45) is 4.12.